The summed E-state index contributed by atoms with van der Waals surface area (Å²) < 4.78 is 13.1. The number of H-pyrrole nitrogens is 1. The molecule has 2 aromatic carbocycles. The highest BCUT2D eigenvalue weighted by molar-refractivity contribution is 6.00. The van der Waals surface area contributed by atoms with Gasteiger partial charge >= 0.3 is 0 Å². The fraction of sp³-hybridized carbons (Fsp3) is 0.105. The minimum absolute atomic E-state index is 0.101. The second-order valence-corrected chi connectivity index (χ2v) is 5.77. The molecule has 132 valence electrons. The molecule has 0 aliphatic heterocycles. The quantitative estimate of drug-likeness (QED) is 0.635. The second kappa shape index (κ2) is 7.60. The Morgan fingerprint density at radius 3 is 2.46 bits per heavy atom. The van der Waals surface area contributed by atoms with E-state index >= 15 is 0 Å². The first-order valence-electron chi connectivity index (χ1n) is 7.98. The number of primary amides is 1. The van der Waals surface area contributed by atoms with E-state index < -0.39 is 23.7 Å². The SMILES string of the molecule is NC(=O)C[C@H](NC(=O)c1cn[nH]c1-c1ccccc1)c1ccc(F)cc1. The highest BCUT2D eigenvalue weighted by Crippen LogP contribution is 2.23. The van der Waals surface area contributed by atoms with Crippen LogP contribution < -0.4 is 11.1 Å². The fourth-order valence-electron chi connectivity index (χ4n) is 2.67. The number of carbonyl (C=O) groups is 2. The normalized spacial score (nSPS) is 11.7. The van der Waals surface area contributed by atoms with Crippen molar-refractivity contribution in [2.24, 2.45) is 5.73 Å². The summed E-state index contributed by atoms with van der Waals surface area (Å²) in [7, 11) is 0. The molecule has 2 amide bonds. The largest absolute Gasteiger partial charge is 0.370 e. The van der Waals surface area contributed by atoms with Crippen LogP contribution in [-0.2, 0) is 4.79 Å². The minimum atomic E-state index is -0.667. The highest BCUT2D eigenvalue weighted by Gasteiger charge is 2.21. The molecule has 26 heavy (non-hydrogen) atoms. The van der Waals surface area contributed by atoms with Crippen molar-refractivity contribution < 1.29 is 14.0 Å². The van der Waals surface area contributed by atoms with Crippen LogP contribution in [-0.4, -0.2) is 22.0 Å². The third-order valence-corrected chi connectivity index (χ3v) is 3.93. The van der Waals surface area contributed by atoms with E-state index in [0.29, 0.717) is 16.8 Å². The second-order valence-electron chi connectivity index (χ2n) is 5.77. The van der Waals surface area contributed by atoms with Gasteiger partial charge in [-0.25, -0.2) is 4.39 Å². The van der Waals surface area contributed by atoms with Crippen LogP contribution in [0.15, 0.2) is 60.8 Å². The number of aromatic amines is 1. The third-order valence-electron chi connectivity index (χ3n) is 3.93. The summed E-state index contributed by atoms with van der Waals surface area (Å²) in [6.45, 7) is 0. The maximum atomic E-state index is 13.1. The van der Waals surface area contributed by atoms with Crippen LogP contribution in [0, 0.1) is 5.82 Å². The lowest BCUT2D eigenvalue weighted by atomic mass is 10.0. The molecule has 0 aliphatic rings. The maximum Gasteiger partial charge on any atom is 0.255 e. The maximum absolute atomic E-state index is 13.1. The van der Waals surface area contributed by atoms with E-state index in [1.54, 1.807) is 0 Å². The Morgan fingerprint density at radius 2 is 1.81 bits per heavy atom. The Morgan fingerprint density at radius 1 is 1.12 bits per heavy atom. The van der Waals surface area contributed by atoms with Crippen molar-refractivity contribution in [1.82, 2.24) is 15.5 Å². The zero-order valence-corrected chi connectivity index (χ0v) is 13.8. The standard InChI is InChI=1S/C19H17FN4O2/c20-14-8-6-12(7-9-14)16(10-17(21)25)23-19(26)15-11-22-24-18(15)13-4-2-1-3-5-13/h1-9,11,16H,10H2,(H2,21,25)(H,22,24)(H,23,26)/t16-/m0/s1. The number of carbonyl (C=O) groups excluding carboxylic acids is 2. The number of benzene rings is 2. The number of rotatable bonds is 6. The lowest BCUT2D eigenvalue weighted by molar-refractivity contribution is -0.118. The Labute approximate surface area is 149 Å². The van der Waals surface area contributed by atoms with Crippen LogP contribution in [0.4, 0.5) is 4.39 Å². The van der Waals surface area contributed by atoms with Crippen molar-refractivity contribution in [3.63, 3.8) is 0 Å². The highest BCUT2D eigenvalue weighted by atomic mass is 19.1. The predicted octanol–water partition coefficient (Wildman–Crippen LogP) is 2.56. The molecule has 0 radical (unpaired) electrons. The predicted molar refractivity (Wildman–Crippen MR) is 94.4 cm³/mol. The van der Waals surface area contributed by atoms with E-state index in [4.69, 9.17) is 5.73 Å². The smallest absolute Gasteiger partial charge is 0.255 e. The average Bonchev–Trinajstić information content (AvgIpc) is 3.12. The summed E-state index contributed by atoms with van der Waals surface area (Å²) in [4.78, 5) is 24.1. The van der Waals surface area contributed by atoms with Crippen molar-refractivity contribution in [3.05, 3.63) is 77.7 Å². The van der Waals surface area contributed by atoms with Crippen LogP contribution in [0.5, 0.6) is 0 Å². The molecule has 1 heterocycles. The van der Waals surface area contributed by atoms with Crippen LogP contribution in [0.1, 0.15) is 28.4 Å². The van der Waals surface area contributed by atoms with Gasteiger partial charge in [0.05, 0.1) is 29.9 Å². The molecule has 0 saturated carbocycles. The van der Waals surface area contributed by atoms with E-state index in [2.05, 4.69) is 15.5 Å². The third kappa shape index (κ3) is 3.94. The van der Waals surface area contributed by atoms with Gasteiger partial charge in [0.1, 0.15) is 5.82 Å². The van der Waals surface area contributed by atoms with Crippen LogP contribution in [0.25, 0.3) is 11.3 Å². The first-order chi connectivity index (χ1) is 12.5. The van der Waals surface area contributed by atoms with E-state index in [1.807, 2.05) is 30.3 Å². The van der Waals surface area contributed by atoms with Gasteiger partial charge in [0.25, 0.3) is 5.91 Å². The van der Waals surface area contributed by atoms with Crippen molar-refractivity contribution in [1.29, 1.82) is 0 Å². The number of hydrogen-bond acceptors (Lipinski definition) is 3. The summed E-state index contributed by atoms with van der Waals surface area (Å²) in [5, 5.41) is 9.53. The molecule has 0 unspecified atom stereocenters. The van der Waals surface area contributed by atoms with Gasteiger partial charge in [0, 0.05) is 5.56 Å². The zero-order chi connectivity index (χ0) is 18.5. The van der Waals surface area contributed by atoms with Crippen LogP contribution in [0.2, 0.25) is 0 Å². The molecule has 0 bridgehead atoms. The van der Waals surface area contributed by atoms with Gasteiger partial charge in [-0.3, -0.25) is 14.7 Å². The number of aromatic nitrogens is 2. The molecular weight excluding hydrogens is 335 g/mol. The summed E-state index contributed by atoms with van der Waals surface area (Å²) in [5.41, 5.74) is 7.60. The molecule has 0 saturated heterocycles. The van der Waals surface area contributed by atoms with Gasteiger partial charge in [-0.2, -0.15) is 5.10 Å². The number of amides is 2. The summed E-state index contributed by atoms with van der Waals surface area (Å²) in [6.07, 6.45) is 1.32. The van der Waals surface area contributed by atoms with Gasteiger partial charge in [-0.1, -0.05) is 42.5 Å². The summed E-state index contributed by atoms with van der Waals surface area (Å²) in [5.74, 6) is -1.39. The van der Waals surface area contributed by atoms with Crippen LogP contribution in [0.3, 0.4) is 0 Å². The fourth-order valence-corrected chi connectivity index (χ4v) is 2.67. The van der Waals surface area contributed by atoms with Crippen molar-refractivity contribution in [3.8, 4) is 11.3 Å². The molecular formula is C19H17FN4O2. The molecule has 1 aromatic heterocycles. The van der Waals surface area contributed by atoms with Gasteiger partial charge < -0.3 is 11.1 Å². The molecule has 0 fully saturated rings. The molecule has 3 rings (SSSR count). The molecule has 7 heteroatoms. The van der Waals surface area contributed by atoms with Crippen molar-refractivity contribution in [2.45, 2.75) is 12.5 Å². The van der Waals surface area contributed by atoms with Gasteiger partial charge in [-0.05, 0) is 17.7 Å². The monoisotopic (exact) mass is 352 g/mol. The molecule has 0 spiro atoms. The first kappa shape index (κ1) is 17.3. The topological polar surface area (TPSA) is 101 Å². The number of hydrogen-bond donors (Lipinski definition) is 3. The Kier molecular flexibility index (Phi) is 5.07. The first-order valence-corrected chi connectivity index (χ1v) is 7.98. The molecule has 0 aliphatic carbocycles. The minimum Gasteiger partial charge on any atom is -0.370 e. The lowest BCUT2D eigenvalue weighted by Crippen LogP contribution is -2.32. The van der Waals surface area contributed by atoms with Crippen molar-refractivity contribution >= 4 is 11.8 Å². The van der Waals surface area contributed by atoms with Crippen molar-refractivity contribution in [2.75, 3.05) is 0 Å². The summed E-state index contributed by atoms with van der Waals surface area (Å²) in [6, 6.07) is 14.2. The molecule has 4 N–H and O–H groups in total. The van der Waals surface area contributed by atoms with E-state index in [9.17, 15) is 14.0 Å². The van der Waals surface area contributed by atoms with E-state index in [1.165, 1.54) is 30.5 Å². The molecule has 1 atom stereocenters. The van der Waals surface area contributed by atoms with Gasteiger partial charge in [-0.15, -0.1) is 0 Å². The van der Waals surface area contributed by atoms with E-state index in [0.717, 1.165) is 5.56 Å². The van der Waals surface area contributed by atoms with Crippen LogP contribution >= 0.6 is 0 Å². The molecule has 3 aromatic rings. The van der Waals surface area contributed by atoms with E-state index in [-0.39, 0.29) is 6.42 Å². The number of nitrogens with two attached hydrogens (primary N) is 1. The van der Waals surface area contributed by atoms with Gasteiger partial charge in [0.15, 0.2) is 0 Å². The van der Waals surface area contributed by atoms with Gasteiger partial charge in [0.2, 0.25) is 5.91 Å². The summed E-state index contributed by atoms with van der Waals surface area (Å²) >= 11 is 0. The number of nitrogens with one attached hydrogen (secondary N) is 2. The number of halogens is 1. The Balaban J connectivity index is 1.86. The Bertz CT molecular complexity index is 907. The Hall–Kier alpha value is -3.48. The molecule has 6 nitrogen and oxygen atoms in total. The lowest BCUT2D eigenvalue weighted by Gasteiger charge is -2.18. The average molecular weight is 352 g/mol. The zero-order valence-electron chi connectivity index (χ0n) is 13.8. The number of nitrogens with zero attached hydrogens (tertiary/aromatic N) is 1.